The Hall–Kier alpha value is -1.17. The van der Waals surface area contributed by atoms with E-state index in [2.05, 4.69) is 34.6 Å². The topological polar surface area (TPSA) is 262 Å². The Morgan fingerprint density at radius 1 is 0.652 bits per heavy atom. The van der Waals surface area contributed by atoms with Gasteiger partial charge < -0.3 is 83.5 Å². The number of aliphatic hydroxyl groups excluding tert-OH is 8. The van der Waals surface area contributed by atoms with Crippen LogP contribution in [0.4, 0.5) is 0 Å². The van der Waals surface area contributed by atoms with Crippen LogP contribution in [0.25, 0.3) is 0 Å². The van der Waals surface area contributed by atoms with E-state index < -0.39 is 111 Å². The van der Waals surface area contributed by atoms with Crippen LogP contribution in [0.15, 0.2) is 0 Å². The molecule has 5 aliphatic heterocycles. The van der Waals surface area contributed by atoms with Crippen LogP contribution in [0.1, 0.15) is 132 Å². The molecule has 0 aromatic carbocycles. The van der Waals surface area contributed by atoms with Gasteiger partial charge in [0.2, 0.25) is 0 Å². The number of unbranched alkanes of at least 4 members (excludes halogenated alkanes) is 2. The van der Waals surface area contributed by atoms with Gasteiger partial charge in [0.05, 0.1) is 37.6 Å². The number of carbonyl (C=O) groups is 1. The van der Waals surface area contributed by atoms with Gasteiger partial charge in [-0.25, -0.2) is 0 Å². The molecule has 9 aliphatic rings. The minimum absolute atomic E-state index is 0.0570. The van der Waals surface area contributed by atoms with E-state index >= 15 is 0 Å². The third-order valence-corrected chi connectivity index (χ3v) is 19.5. The van der Waals surface area contributed by atoms with Gasteiger partial charge in [0.1, 0.15) is 67.1 Å². The van der Waals surface area contributed by atoms with Crippen LogP contribution in [0.5, 0.6) is 0 Å². The van der Waals surface area contributed by atoms with E-state index in [1.54, 1.807) is 0 Å². The third kappa shape index (κ3) is 9.40. The van der Waals surface area contributed by atoms with Crippen LogP contribution in [-0.2, 0) is 47.4 Å². The van der Waals surface area contributed by atoms with Gasteiger partial charge in [-0.3, -0.25) is 4.79 Å². The minimum atomic E-state index is -1.75. The number of aliphatic hydroxyl groups is 8. The van der Waals surface area contributed by atoms with Gasteiger partial charge in [-0.05, 0) is 112 Å². The fraction of sp³-hybridized carbons (Fsp3) is 0.980. The molecule has 0 amide bonds. The van der Waals surface area contributed by atoms with Crippen molar-refractivity contribution in [2.24, 2.45) is 52.3 Å². The lowest BCUT2D eigenvalue weighted by molar-refractivity contribution is -0.389. The molecule has 8 N–H and O–H groups in total. The second-order valence-electron chi connectivity index (χ2n) is 23.5. The van der Waals surface area contributed by atoms with Gasteiger partial charge in [-0.15, -0.1) is 0 Å². The highest BCUT2D eigenvalue weighted by Crippen LogP contribution is 2.71. The number of esters is 1. The van der Waals surface area contributed by atoms with Crippen LogP contribution in [0, 0.1) is 52.3 Å². The van der Waals surface area contributed by atoms with E-state index in [9.17, 15) is 45.6 Å². The van der Waals surface area contributed by atoms with Crippen molar-refractivity contribution >= 4 is 5.97 Å². The lowest BCUT2D eigenvalue weighted by Crippen LogP contribution is -2.66. The van der Waals surface area contributed by atoms with Gasteiger partial charge >= 0.3 is 5.97 Å². The summed E-state index contributed by atoms with van der Waals surface area (Å²) in [6, 6.07) is 0. The second kappa shape index (κ2) is 20.5. The Kier molecular flexibility index (Phi) is 15.7. The number of hydrogen-bond donors (Lipinski definition) is 8. The Morgan fingerprint density at radius 2 is 1.30 bits per heavy atom. The van der Waals surface area contributed by atoms with Crippen LogP contribution in [0.2, 0.25) is 0 Å². The van der Waals surface area contributed by atoms with Crippen molar-refractivity contribution in [1.82, 2.24) is 0 Å². The second-order valence-corrected chi connectivity index (χ2v) is 23.5. The zero-order valence-electron chi connectivity index (χ0n) is 41.7. The molecule has 18 heteroatoms. The Bertz CT molecular complexity index is 1750. The minimum Gasteiger partial charge on any atom is -0.462 e. The summed E-state index contributed by atoms with van der Waals surface area (Å²) in [6.07, 6.45) is -12.2. The first kappa shape index (κ1) is 52.7. The van der Waals surface area contributed by atoms with E-state index in [-0.39, 0.29) is 40.8 Å². The predicted molar refractivity (Wildman–Crippen MR) is 242 cm³/mol. The summed E-state index contributed by atoms with van der Waals surface area (Å²) < 4.78 is 57.3. The first-order valence-electron chi connectivity index (χ1n) is 26.6. The van der Waals surface area contributed by atoms with Crippen molar-refractivity contribution in [2.75, 3.05) is 13.2 Å². The van der Waals surface area contributed by atoms with Crippen molar-refractivity contribution in [3.8, 4) is 0 Å². The highest BCUT2D eigenvalue weighted by Gasteiger charge is 2.70. The molecule has 0 aromatic rings. The average molecular weight is 985 g/mol. The maximum atomic E-state index is 13.8. The molecule has 5 saturated heterocycles. The molecule has 69 heavy (non-hydrogen) atoms. The zero-order chi connectivity index (χ0) is 49.5. The lowest BCUT2D eigenvalue weighted by Gasteiger charge is -2.63. The van der Waals surface area contributed by atoms with E-state index in [1.165, 1.54) is 13.8 Å². The largest absolute Gasteiger partial charge is 0.462 e. The van der Waals surface area contributed by atoms with Crippen molar-refractivity contribution < 1.29 is 88.3 Å². The molecule has 9 rings (SSSR count). The first-order chi connectivity index (χ1) is 32.7. The van der Waals surface area contributed by atoms with Crippen molar-refractivity contribution in [2.45, 2.75) is 248 Å². The molecule has 4 saturated carbocycles. The maximum Gasteiger partial charge on any atom is 0.306 e. The molecule has 18 nitrogen and oxygen atoms in total. The summed E-state index contributed by atoms with van der Waals surface area (Å²) in [5, 5.41) is 86.9. The SMILES string of the molecule is CCCCCC(=O)O[C@H]1C[C@@H]2[C@H](CC[C@]3(C)[C@@H]4[C@H](C[C@@H]23)O[C@]2(CC[C@@H](C)CO2)[C@H]4C)[C@@]2(C)CC[C@H](O[C@@H]3O[C@H](CO)[C@@H](O[C@@H]4O[C@@H](C)[C@H](O)[C@@H](O)[C@H]4O)[C@H](O)[C@H]3O[C@@H]3O[C@@H](C)[C@H](O)[C@@H](O)[C@H]3O)C[C@H]12. The molecule has 0 radical (unpaired) electrons. The quantitative estimate of drug-likeness (QED) is 0.0793. The number of ether oxygens (including phenoxy) is 9. The maximum absolute atomic E-state index is 13.8. The van der Waals surface area contributed by atoms with Crippen LogP contribution in [0.3, 0.4) is 0 Å². The first-order valence-corrected chi connectivity index (χ1v) is 26.6. The fourth-order valence-electron chi connectivity index (χ4n) is 15.5. The van der Waals surface area contributed by atoms with E-state index in [0.717, 1.165) is 70.8 Å². The highest BCUT2D eigenvalue weighted by atomic mass is 16.8. The number of carbonyl (C=O) groups excluding carboxylic acids is 1. The van der Waals surface area contributed by atoms with Crippen LogP contribution in [-0.4, -0.2) is 176 Å². The fourth-order valence-corrected chi connectivity index (χ4v) is 15.5. The molecule has 28 atom stereocenters. The molecule has 0 unspecified atom stereocenters. The van der Waals surface area contributed by atoms with Crippen molar-refractivity contribution in [3.63, 3.8) is 0 Å². The molecule has 0 aromatic heterocycles. The van der Waals surface area contributed by atoms with E-state index in [0.29, 0.717) is 48.9 Å². The molecule has 5 heterocycles. The third-order valence-electron chi connectivity index (χ3n) is 19.5. The molecule has 1 spiro atoms. The number of hydrogen-bond acceptors (Lipinski definition) is 18. The lowest BCUT2D eigenvalue weighted by atomic mass is 9.43. The van der Waals surface area contributed by atoms with Gasteiger partial charge in [-0.1, -0.05) is 47.5 Å². The summed E-state index contributed by atoms with van der Waals surface area (Å²) in [7, 11) is 0. The van der Waals surface area contributed by atoms with Gasteiger partial charge in [-0.2, -0.15) is 0 Å². The highest BCUT2D eigenvalue weighted by molar-refractivity contribution is 5.69. The summed E-state index contributed by atoms with van der Waals surface area (Å²) in [5.41, 5.74) is -0.146. The molecule has 0 bridgehead atoms. The van der Waals surface area contributed by atoms with Crippen molar-refractivity contribution in [1.29, 1.82) is 0 Å². The monoisotopic (exact) mass is 985 g/mol. The summed E-state index contributed by atoms with van der Waals surface area (Å²) in [5.74, 6) is 1.51. The van der Waals surface area contributed by atoms with E-state index in [1.807, 2.05) is 0 Å². The molecule has 396 valence electrons. The van der Waals surface area contributed by atoms with Gasteiger partial charge in [0, 0.05) is 24.7 Å². The van der Waals surface area contributed by atoms with Gasteiger partial charge in [0.25, 0.3) is 0 Å². The average Bonchev–Trinajstić information content (AvgIpc) is 3.77. The summed E-state index contributed by atoms with van der Waals surface area (Å²) in [6.45, 7) is 14.6. The van der Waals surface area contributed by atoms with Crippen LogP contribution >= 0.6 is 0 Å². The molecular weight excluding hydrogens is 901 g/mol. The normalized spacial score (nSPS) is 55.1. The summed E-state index contributed by atoms with van der Waals surface area (Å²) >= 11 is 0. The van der Waals surface area contributed by atoms with Crippen molar-refractivity contribution in [3.05, 3.63) is 0 Å². The van der Waals surface area contributed by atoms with Gasteiger partial charge in [0.15, 0.2) is 24.7 Å². The Morgan fingerprint density at radius 3 is 1.93 bits per heavy atom. The zero-order valence-corrected chi connectivity index (χ0v) is 41.7. The molecule has 4 aliphatic carbocycles. The summed E-state index contributed by atoms with van der Waals surface area (Å²) in [4.78, 5) is 13.8. The standard InChI is InChI=1S/C51H84O18/c1-8-9-10-11-35(53)65-32-19-28-29(14-16-50(7)30(28)20-33-36(50)24(3)51(69-33)17-12-23(2)22-61-51)49(6)15-13-27(18-31(32)49)64-48-45(68-47-42(59)40(57)38(55)26(5)63-47)43(60)44(34(21-52)66-48)67-46-41(58)39(56)37(54)25(4)62-46/h23-34,36-48,52,54-60H,8-22H2,1-7H3/t23-,24+,25+,26+,27+,28-,29+,30+,31-,32+,33+,34-,36+,37+,38+,39-,40-,41-,42-,43+,44-,45-,46+,47+,48-,49-,50+,51-/m1/s1. The Balaban J connectivity index is 0.964. The predicted octanol–water partition coefficient (Wildman–Crippen LogP) is 2.42. The number of fused-ring (bicyclic) bond motifs is 7. The molecular formula is C51H84O18. The molecule has 9 fully saturated rings. The van der Waals surface area contributed by atoms with Crippen LogP contribution < -0.4 is 0 Å². The van der Waals surface area contributed by atoms with E-state index in [4.69, 9.17) is 42.6 Å². The smallest absolute Gasteiger partial charge is 0.306 e. The Labute approximate surface area is 406 Å². The number of rotatable bonds is 12.